The molecule has 11 heavy (non-hydrogen) atoms. The van der Waals surface area contributed by atoms with Crippen LogP contribution in [0.15, 0.2) is 0 Å². The topological polar surface area (TPSA) is 0 Å². The van der Waals surface area contributed by atoms with Crippen molar-refractivity contribution in [1.82, 2.24) is 0 Å². The van der Waals surface area contributed by atoms with Crippen molar-refractivity contribution in [2.75, 3.05) is 0 Å². The van der Waals surface area contributed by atoms with Crippen LogP contribution in [0.5, 0.6) is 0 Å². The molecule has 0 rings (SSSR count). The molecule has 1 atom stereocenters. The lowest BCUT2D eigenvalue weighted by Crippen LogP contribution is -2.45. The first-order chi connectivity index (χ1) is 4.50. The third kappa shape index (κ3) is 2.69. The molecule has 0 aromatic heterocycles. The molecule has 68 valence electrons. The Morgan fingerprint density at radius 3 is 1.18 bits per heavy atom. The molecule has 0 N–H and O–H groups in total. The van der Waals surface area contributed by atoms with Gasteiger partial charge in [-0.2, -0.15) is 8.78 Å². The Kier molecular flexibility index (Phi) is 3.72. The van der Waals surface area contributed by atoms with Crippen molar-refractivity contribution in [2.24, 2.45) is 0 Å². The molecule has 0 aliphatic carbocycles. The van der Waals surface area contributed by atoms with E-state index in [0.29, 0.717) is 0 Å². The average Bonchev–Trinajstić information content (AvgIpc) is 1.58. The second-order valence-electron chi connectivity index (χ2n) is 1.57. The summed E-state index contributed by atoms with van der Waals surface area (Å²) in [6, 6.07) is 0. The monoisotopic (exact) mass is 312 g/mol. The van der Waals surface area contributed by atoms with Gasteiger partial charge in [-0.15, -0.1) is 0 Å². The summed E-state index contributed by atoms with van der Waals surface area (Å²) in [5.41, 5.74) is 0. The van der Waals surface area contributed by atoms with E-state index in [0.717, 1.165) is 0 Å². The van der Waals surface area contributed by atoms with Crippen molar-refractivity contribution >= 4 is 62.3 Å². The third-order valence-electron chi connectivity index (χ3n) is 0.712. The van der Waals surface area contributed by atoms with Gasteiger partial charge in [0, 0.05) is 0 Å². The molecule has 0 nitrogen and oxygen atoms in total. The lowest BCUT2D eigenvalue weighted by molar-refractivity contribution is -0.0480. The Labute approximate surface area is 89.0 Å². The van der Waals surface area contributed by atoms with Gasteiger partial charge in [-0.1, -0.05) is 46.4 Å². The van der Waals surface area contributed by atoms with Gasteiger partial charge in [0.2, 0.25) is 0 Å². The van der Waals surface area contributed by atoms with Gasteiger partial charge in [0.25, 0.3) is 3.79 Å². The summed E-state index contributed by atoms with van der Waals surface area (Å²) in [5.74, 6) is -4.31. The van der Waals surface area contributed by atoms with Gasteiger partial charge in [0.15, 0.2) is 0 Å². The zero-order valence-corrected chi connectivity index (χ0v) is 9.13. The molecule has 0 bridgehead atoms. The van der Waals surface area contributed by atoms with Crippen molar-refractivity contribution in [3.63, 3.8) is 0 Å². The minimum absolute atomic E-state index is 1.83. The van der Waals surface area contributed by atoms with E-state index in [1.807, 2.05) is 15.9 Å². The van der Waals surface area contributed by atoms with Gasteiger partial charge in [-0.3, -0.25) is 0 Å². The van der Waals surface area contributed by atoms with Crippen LogP contribution in [0.25, 0.3) is 0 Å². The van der Waals surface area contributed by atoms with Crippen molar-refractivity contribution in [1.29, 1.82) is 0 Å². The number of halogens is 8. The number of alkyl halides is 8. The zero-order chi connectivity index (χ0) is 9.50. The highest BCUT2D eigenvalue weighted by Gasteiger charge is 2.65. The Bertz CT molecular complexity index is 132. The molecule has 1 unspecified atom stereocenters. The number of hydrogen-bond acceptors (Lipinski definition) is 0. The SMILES string of the molecule is FC(Cl)(Br)C(F)(F)C(Cl)(Cl)Cl. The van der Waals surface area contributed by atoms with Crippen LogP contribution < -0.4 is 0 Å². The Balaban J connectivity index is 4.75. The fourth-order valence-corrected chi connectivity index (χ4v) is 1.48. The van der Waals surface area contributed by atoms with E-state index in [-0.39, 0.29) is 0 Å². The van der Waals surface area contributed by atoms with E-state index in [1.54, 1.807) is 0 Å². The van der Waals surface area contributed by atoms with Gasteiger partial charge < -0.3 is 0 Å². The van der Waals surface area contributed by atoms with Gasteiger partial charge in [-0.05, 0) is 15.9 Å². The molecular weight excluding hydrogens is 315 g/mol. The molecule has 0 radical (unpaired) electrons. The summed E-state index contributed by atoms with van der Waals surface area (Å²) in [7, 11) is 0. The maximum atomic E-state index is 12.5. The van der Waals surface area contributed by atoms with Gasteiger partial charge >= 0.3 is 9.96 Å². The molecule has 0 aromatic rings. The van der Waals surface area contributed by atoms with Crippen LogP contribution >= 0.6 is 62.3 Å². The molecule has 0 spiro atoms. The first kappa shape index (κ1) is 12.4. The smallest absolute Gasteiger partial charge is 0.206 e. The summed E-state index contributed by atoms with van der Waals surface area (Å²) in [6.45, 7) is 0. The zero-order valence-electron chi connectivity index (χ0n) is 4.52. The Hall–Kier alpha value is 1.43. The van der Waals surface area contributed by atoms with Crippen molar-refractivity contribution in [3.05, 3.63) is 0 Å². The standard InChI is InChI=1S/C3BrCl4F3/c4-2(5,11)1(9,10)3(6,7)8. The highest BCUT2D eigenvalue weighted by Crippen LogP contribution is 2.54. The molecule has 0 heterocycles. The molecule has 0 aliphatic heterocycles. The van der Waals surface area contributed by atoms with Crippen LogP contribution in [0.3, 0.4) is 0 Å². The summed E-state index contributed by atoms with van der Waals surface area (Å²) < 4.78 is 30.7. The number of rotatable bonds is 1. The molecule has 0 aliphatic rings. The van der Waals surface area contributed by atoms with Crippen LogP contribution in [0.4, 0.5) is 13.2 Å². The van der Waals surface area contributed by atoms with E-state index in [1.165, 1.54) is 0 Å². The van der Waals surface area contributed by atoms with Crippen LogP contribution in [0, 0.1) is 0 Å². The predicted octanol–water partition coefficient (Wildman–Crippen LogP) is 4.25. The van der Waals surface area contributed by atoms with E-state index in [4.69, 9.17) is 34.8 Å². The number of hydrogen-bond donors (Lipinski definition) is 0. The minimum Gasteiger partial charge on any atom is -0.206 e. The molecule has 0 saturated heterocycles. The summed E-state index contributed by atoms with van der Waals surface area (Å²) in [5, 5.41) is 0. The minimum atomic E-state index is -4.31. The Morgan fingerprint density at radius 1 is 0.909 bits per heavy atom. The van der Waals surface area contributed by atoms with Crippen LogP contribution in [-0.2, 0) is 0 Å². The first-order valence-electron chi connectivity index (χ1n) is 2.01. The normalized spacial score (nSPS) is 19.6. The predicted molar refractivity (Wildman–Crippen MR) is 43.9 cm³/mol. The van der Waals surface area contributed by atoms with Crippen molar-refractivity contribution in [2.45, 2.75) is 13.8 Å². The molecule has 0 fully saturated rings. The van der Waals surface area contributed by atoms with Gasteiger partial charge in [-0.25, -0.2) is 4.39 Å². The molecule has 0 amide bonds. The maximum Gasteiger partial charge on any atom is 0.351 e. The van der Waals surface area contributed by atoms with Crippen LogP contribution in [-0.4, -0.2) is 13.8 Å². The van der Waals surface area contributed by atoms with E-state index >= 15 is 0 Å². The lowest BCUT2D eigenvalue weighted by atomic mass is 10.4. The largest absolute Gasteiger partial charge is 0.351 e. The quantitative estimate of drug-likeness (QED) is 0.635. The van der Waals surface area contributed by atoms with E-state index in [2.05, 4.69) is 11.6 Å². The highest BCUT2D eigenvalue weighted by atomic mass is 79.9. The molecular formula is C3BrCl4F3. The highest BCUT2D eigenvalue weighted by molar-refractivity contribution is 9.10. The summed E-state index contributed by atoms with van der Waals surface area (Å²) in [4.78, 5) is 0. The molecule has 0 aromatic carbocycles. The summed E-state index contributed by atoms with van der Waals surface area (Å²) >= 11 is 20.6. The van der Waals surface area contributed by atoms with Gasteiger partial charge in [0.1, 0.15) is 0 Å². The fraction of sp³-hybridized carbons (Fsp3) is 1.00. The average molecular weight is 315 g/mol. The Morgan fingerprint density at radius 2 is 1.18 bits per heavy atom. The second kappa shape index (κ2) is 3.29. The molecule has 8 heteroatoms. The lowest BCUT2D eigenvalue weighted by Gasteiger charge is -2.28. The fourth-order valence-electron chi connectivity index (χ4n) is 0.161. The van der Waals surface area contributed by atoms with Gasteiger partial charge in [0.05, 0.1) is 0 Å². The maximum absolute atomic E-state index is 12.5. The first-order valence-corrected chi connectivity index (χ1v) is 4.32. The third-order valence-corrected chi connectivity index (χ3v) is 2.16. The second-order valence-corrected chi connectivity index (χ2v) is 5.92. The van der Waals surface area contributed by atoms with Crippen molar-refractivity contribution < 1.29 is 13.2 Å². The summed E-state index contributed by atoms with van der Waals surface area (Å²) in [6.07, 6.45) is 0. The van der Waals surface area contributed by atoms with Crippen molar-refractivity contribution in [3.8, 4) is 0 Å². The molecule has 0 saturated carbocycles. The van der Waals surface area contributed by atoms with E-state index in [9.17, 15) is 13.2 Å². The van der Waals surface area contributed by atoms with Crippen LogP contribution in [0.2, 0.25) is 0 Å². The van der Waals surface area contributed by atoms with E-state index < -0.39 is 13.8 Å². The van der Waals surface area contributed by atoms with Crippen LogP contribution in [0.1, 0.15) is 0 Å².